The van der Waals surface area contributed by atoms with Crippen molar-refractivity contribution in [1.82, 2.24) is 0 Å². The average molecular weight is 306 g/mol. The number of nitrogens with two attached hydrogens (primary N) is 1. The van der Waals surface area contributed by atoms with E-state index in [1.165, 1.54) is 12.8 Å². The molecule has 2 N–H and O–H groups in total. The van der Waals surface area contributed by atoms with Crippen LogP contribution in [0.2, 0.25) is 5.02 Å². The van der Waals surface area contributed by atoms with Crippen LogP contribution in [0.3, 0.4) is 0 Å². The zero-order valence-electron chi connectivity index (χ0n) is 13.1. The van der Waals surface area contributed by atoms with E-state index in [-0.39, 0.29) is 5.54 Å². The summed E-state index contributed by atoms with van der Waals surface area (Å²) in [5.74, 6) is 1.17. The van der Waals surface area contributed by atoms with Gasteiger partial charge in [0.15, 0.2) is 5.96 Å². The highest BCUT2D eigenvalue weighted by Gasteiger charge is 2.51. The van der Waals surface area contributed by atoms with Gasteiger partial charge in [-0.1, -0.05) is 38.4 Å². The van der Waals surface area contributed by atoms with Gasteiger partial charge in [0.05, 0.1) is 12.1 Å². The molecule has 0 amide bonds. The molecule has 1 aromatic carbocycles. The fraction of sp³-hybridized carbons (Fsp3) is 0.588. The van der Waals surface area contributed by atoms with E-state index >= 15 is 0 Å². The Bertz CT molecular complexity index is 581. The number of nitrogens with zero attached hydrogens (tertiary/aromatic N) is 2. The van der Waals surface area contributed by atoms with Crippen LogP contribution >= 0.6 is 11.6 Å². The second kappa shape index (κ2) is 4.91. The summed E-state index contributed by atoms with van der Waals surface area (Å²) in [7, 11) is 0. The Morgan fingerprint density at radius 3 is 2.76 bits per heavy atom. The fourth-order valence-corrected chi connectivity index (χ4v) is 4.27. The molecule has 3 nitrogen and oxygen atoms in total. The number of aliphatic imine (C=N–C) groups is 1. The highest BCUT2D eigenvalue weighted by molar-refractivity contribution is 6.31. The summed E-state index contributed by atoms with van der Waals surface area (Å²) in [4.78, 5) is 6.81. The van der Waals surface area contributed by atoms with Crippen LogP contribution in [-0.4, -0.2) is 18.0 Å². The van der Waals surface area contributed by atoms with E-state index in [9.17, 15) is 0 Å². The van der Waals surface area contributed by atoms with E-state index in [1.54, 1.807) is 0 Å². The molecule has 0 aromatic heterocycles. The van der Waals surface area contributed by atoms with Crippen molar-refractivity contribution in [3.05, 3.63) is 29.3 Å². The lowest BCUT2D eigenvalue weighted by Crippen LogP contribution is -2.59. The third-order valence-electron chi connectivity index (χ3n) is 5.27. The Labute approximate surface area is 132 Å². The molecule has 2 aliphatic rings. The molecule has 21 heavy (non-hydrogen) atoms. The number of hydrogen-bond acceptors (Lipinski definition) is 3. The monoisotopic (exact) mass is 305 g/mol. The van der Waals surface area contributed by atoms with Crippen LogP contribution < -0.4 is 10.6 Å². The fourth-order valence-electron chi connectivity index (χ4n) is 4.08. The molecule has 0 bridgehead atoms. The van der Waals surface area contributed by atoms with Gasteiger partial charge in [-0.25, -0.2) is 0 Å². The first-order chi connectivity index (χ1) is 9.84. The Morgan fingerprint density at radius 2 is 2.10 bits per heavy atom. The van der Waals surface area contributed by atoms with E-state index in [1.807, 2.05) is 18.2 Å². The smallest absolute Gasteiger partial charge is 0.196 e. The van der Waals surface area contributed by atoms with Gasteiger partial charge in [0.2, 0.25) is 0 Å². The van der Waals surface area contributed by atoms with Crippen molar-refractivity contribution >= 4 is 23.2 Å². The van der Waals surface area contributed by atoms with Gasteiger partial charge in [0.1, 0.15) is 0 Å². The molecule has 1 aliphatic heterocycles. The molecular weight excluding hydrogens is 282 g/mol. The molecule has 2 atom stereocenters. The average Bonchev–Trinajstić information content (AvgIpc) is 2.73. The Morgan fingerprint density at radius 1 is 1.33 bits per heavy atom. The normalized spacial score (nSPS) is 31.5. The molecule has 1 aromatic rings. The van der Waals surface area contributed by atoms with Gasteiger partial charge in [0.25, 0.3) is 0 Å². The number of benzene rings is 1. The summed E-state index contributed by atoms with van der Waals surface area (Å²) in [5, 5.41) is 0.742. The maximum atomic E-state index is 6.23. The summed E-state index contributed by atoms with van der Waals surface area (Å²) in [6.45, 7) is 7.85. The zero-order valence-corrected chi connectivity index (χ0v) is 13.8. The molecule has 1 aliphatic carbocycles. The van der Waals surface area contributed by atoms with Crippen molar-refractivity contribution in [2.45, 2.75) is 45.6 Å². The number of anilines is 1. The zero-order chi connectivity index (χ0) is 15.3. The van der Waals surface area contributed by atoms with Gasteiger partial charge >= 0.3 is 0 Å². The summed E-state index contributed by atoms with van der Waals surface area (Å²) in [6.07, 6.45) is 3.53. The third kappa shape index (κ3) is 2.42. The highest BCUT2D eigenvalue weighted by Crippen LogP contribution is 2.49. The summed E-state index contributed by atoms with van der Waals surface area (Å²) in [5.41, 5.74) is 7.71. The van der Waals surface area contributed by atoms with Gasteiger partial charge in [-0.2, -0.15) is 0 Å². The van der Waals surface area contributed by atoms with Crippen LogP contribution in [0.5, 0.6) is 0 Å². The van der Waals surface area contributed by atoms with Crippen molar-refractivity contribution in [2.75, 3.05) is 11.4 Å². The number of hydrogen-bond donors (Lipinski definition) is 1. The molecule has 2 unspecified atom stereocenters. The third-order valence-corrected chi connectivity index (χ3v) is 5.50. The predicted molar refractivity (Wildman–Crippen MR) is 89.9 cm³/mol. The Hall–Kier alpha value is -1.22. The molecular formula is C17H24ClN3. The maximum Gasteiger partial charge on any atom is 0.196 e. The highest BCUT2D eigenvalue weighted by atomic mass is 35.5. The SMILES string of the molecule is CC1CC(C)(C)CCC12CN=C(N)N2c1cccc(Cl)c1. The first-order valence-electron chi connectivity index (χ1n) is 7.70. The van der Waals surface area contributed by atoms with Crippen molar-refractivity contribution in [3.8, 4) is 0 Å². The van der Waals surface area contributed by atoms with E-state index in [0.29, 0.717) is 17.3 Å². The first kappa shape index (κ1) is 14.7. The Kier molecular flexibility index (Phi) is 3.44. The predicted octanol–water partition coefficient (Wildman–Crippen LogP) is 4.06. The summed E-state index contributed by atoms with van der Waals surface area (Å²) >= 11 is 6.17. The molecule has 1 spiro atoms. The van der Waals surface area contributed by atoms with Crippen molar-refractivity contribution in [2.24, 2.45) is 22.1 Å². The largest absolute Gasteiger partial charge is 0.369 e. The minimum atomic E-state index is 0.0181. The minimum Gasteiger partial charge on any atom is -0.369 e. The molecule has 1 fully saturated rings. The van der Waals surface area contributed by atoms with Crippen LogP contribution in [0.15, 0.2) is 29.3 Å². The lowest BCUT2D eigenvalue weighted by Gasteiger charge is -2.51. The molecule has 1 heterocycles. The van der Waals surface area contributed by atoms with Crippen molar-refractivity contribution in [1.29, 1.82) is 0 Å². The van der Waals surface area contributed by atoms with Crippen LogP contribution in [0, 0.1) is 11.3 Å². The minimum absolute atomic E-state index is 0.0181. The number of rotatable bonds is 1. The molecule has 3 rings (SSSR count). The van der Waals surface area contributed by atoms with E-state index in [4.69, 9.17) is 17.3 Å². The lowest BCUT2D eigenvalue weighted by atomic mass is 9.63. The molecule has 0 radical (unpaired) electrons. The molecule has 1 saturated carbocycles. The molecule has 4 heteroatoms. The van der Waals surface area contributed by atoms with Gasteiger partial charge in [-0.15, -0.1) is 0 Å². The van der Waals surface area contributed by atoms with Crippen LogP contribution in [0.4, 0.5) is 5.69 Å². The lowest BCUT2D eigenvalue weighted by molar-refractivity contribution is 0.114. The van der Waals surface area contributed by atoms with Crippen LogP contribution in [0.25, 0.3) is 0 Å². The van der Waals surface area contributed by atoms with E-state index in [0.717, 1.165) is 23.7 Å². The Balaban J connectivity index is 1.99. The molecule has 114 valence electrons. The van der Waals surface area contributed by atoms with Gasteiger partial charge < -0.3 is 10.6 Å². The maximum absolute atomic E-state index is 6.23. The summed E-state index contributed by atoms with van der Waals surface area (Å²) in [6, 6.07) is 7.94. The topological polar surface area (TPSA) is 41.6 Å². The van der Waals surface area contributed by atoms with Crippen LogP contribution in [-0.2, 0) is 0 Å². The van der Waals surface area contributed by atoms with Gasteiger partial charge in [0, 0.05) is 10.7 Å². The summed E-state index contributed by atoms with van der Waals surface area (Å²) < 4.78 is 0. The quantitative estimate of drug-likeness (QED) is 0.850. The molecule has 0 saturated heterocycles. The standard InChI is InChI=1S/C17H24ClN3/c1-12-10-16(2,3)7-8-17(12)11-20-15(19)21(17)14-6-4-5-13(18)9-14/h4-6,9,12H,7-8,10-11H2,1-3H3,(H2,19,20). The number of halogens is 1. The van der Waals surface area contributed by atoms with E-state index in [2.05, 4.69) is 36.7 Å². The van der Waals surface area contributed by atoms with Crippen molar-refractivity contribution < 1.29 is 0 Å². The van der Waals surface area contributed by atoms with Crippen molar-refractivity contribution in [3.63, 3.8) is 0 Å². The van der Waals surface area contributed by atoms with Crippen LogP contribution in [0.1, 0.15) is 40.0 Å². The second-order valence-corrected chi connectivity index (χ2v) is 7.80. The first-order valence-corrected chi connectivity index (χ1v) is 8.08. The van der Waals surface area contributed by atoms with Gasteiger partial charge in [-0.05, 0) is 48.8 Å². The van der Waals surface area contributed by atoms with Gasteiger partial charge in [-0.3, -0.25) is 4.99 Å². The number of guanidine groups is 1. The second-order valence-electron chi connectivity index (χ2n) is 7.36. The van der Waals surface area contributed by atoms with E-state index < -0.39 is 0 Å².